The Kier molecular flexibility index (Phi) is 6.18. The van der Waals surface area contributed by atoms with Crippen molar-refractivity contribution in [2.24, 2.45) is 0 Å². The molecule has 0 aliphatic rings. The molecule has 0 atom stereocenters. The molecule has 0 spiro atoms. The van der Waals surface area contributed by atoms with E-state index < -0.39 is 0 Å². The van der Waals surface area contributed by atoms with Crippen molar-refractivity contribution in [1.82, 2.24) is 4.90 Å². The summed E-state index contributed by atoms with van der Waals surface area (Å²) in [7, 11) is 1.57. The average molecular weight is 253 g/mol. The second kappa shape index (κ2) is 7.68. The summed E-state index contributed by atoms with van der Waals surface area (Å²) in [6.45, 7) is 0.264. The maximum atomic E-state index is 12.0. The molecule has 18 heavy (non-hydrogen) atoms. The van der Waals surface area contributed by atoms with Crippen molar-refractivity contribution in [1.29, 1.82) is 0 Å². The number of methoxy groups -OCH3 is 1. The van der Waals surface area contributed by atoms with Gasteiger partial charge in [0.1, 0.15) is 5.75 Å². The summed E-state index contributed by atoms with van der Waals surface area (Å²) in [5.41, 5.74) is 0.847. The number of hydrogen-bond acceptors (Lipinski definition) is 4. The first kappa shape index (κ1) is 14.5. The Hall–Kier alpha value is -1.59. The Balaban J connectivity index is 2.66. The van der Waals surface area contributed by atoms with Crippen LogP contribution in [0.15, 0.2) is 24.3 Å². The minimum Gasteiger partial charge on any atom is -0.497 e. The summed E-state index contributed by atoms with van der Waals surface area (Å²) in [5.74, 6) is 0.586. The number of benzene rings is 1. The monoisotopic (exact) mass is 253 g/mol. The first-order chi connectivity index (χ1) is 8.71. The van der Waals surface area contributed by atoms with E-state index in [9.17, 15) is 4.79 Å². The van der Waals surface area contributed by atoms with Gasteiger partial charge in [0.2, 0.25) is 5.91 Å². The third-order valence-electron chi connectivity index (χ3n) is 2.58. The molecule has 2 N–H and O–H groups in total. The number of hydrogen-bond donors (Lipinski definition) is 2. The van der Waals surface area contributed by atoms with Gasteiger partial charge in [0.15, 0.2) is 0 Å². The molecule has 100 valence electrons. The van der Waals surface area contributed by atoms with Crippen LogP contribution in [0.3, 0.4) is 0 Å². The maximum absolute atomic E-state index is 12.0. The van der Waals surface area contributed by atoms with Crippen LogP contribution in [-0.4, -0.2) is 54.4 Å². The minimum atomic E-state index is -0.119. The van der Waals surface area contributed by atoms with Crippen LogP contribution >= 0.6 is 0 Å². The molecular weight excluding hydrogens is 234 g/mol. The Morgan fingerprint density at radius 3 is 2.50 bits per heavy atom. The highest BCUT2D eigenvalue weighted by Crippen LogP contribution is 2.13. The molecule has 1 aromatic rings. The summed E-state index contributed by atoms with van der Waals surface area (Å²) in [6.07, 6.45) is 0.233. The molecule has 1 rings (SSSR count). The van der Waals surface area contributed by atoms with Crippen molar-refractivity contribution >= 4 is 5.91 Å². The summed E-state index contributed by atoms with van der Waals surface area (Å²) in [5, 5.41) is 17.7. The fourth-order valence-corrected chi connectivity index (χ4v) is 1.67. The third-order valence-corrected chi connectivity index (χ3v) is 2.58. The molecular formula is C13H19NO4. The molecule has 0 unspecified atom stereocenters. The smallest absolute Gasteiger partial charge is 0.227 e. The molecule has 0 aliphatic carbocycles. The lowest BCUT2D eigenvalue weighted by Crippen LogP contribution is -2.36. The van der Waals surface area contributed by atoms with E-state index >= 15 is 0 Å². The molecule has 0 fully saturated rings. The van der Waals surface area contributed by atoms with Crippen LogP contribution in [0, 0.1) is 0 Å². The lowest BCUT2D eigenvalue weighted by Gasteiger charge is -2.20. The van der Waals surface area contributed by atoms with Gasteiger partial charge in [-0.1, -0.05) is 12.1 Å². The highest BCUT2D eigenvalue weighted by molar-refractivity contribution is 5.78. The zero-order valence-electron chi connectivity index (χ0n) is 10.5. The van der Waals surface area contributed by atoms with Gasteiger partial charge in [-0.2, -0.15) is 0 Å². The highest BCUT2D eigenvalue weighted by Gasteiger charge is 2.13. The summed E-state index contributed by atoms with van der Waals surface area (Å²) in [6, 6.07) is 7.28. The van der Waals surface area contributed by atoms with E-state index in [1.165, 1.54) is 4.90 Å². The van der Waals surface area contributed by atoms with Crippen LogP contribution in [0.2, 0.25) is 0 Å². The molecule has 0 heterocycles. The zero-order valence-corrected chi connectivity index (χ0v) is 10.5. The Labute approximate surface area is 107 Å². The van der Waals surface area contributed by atoms with Crippen LogP contribution in [0.4, 0.5) is 0 Å². The molecule has 0 saturated heterocycles. The molecule has 0 aromatic heterocycles. The largest absolute Gasteiger partial charge is 0.497 e. The normalized spacial score (nSPS) is 10.2. The van der Waals surface area contributed by atoms with Gasteiger partial charge < -0.3 is 19.8 Å². The zero-order chi connectivity index (χ0) is 13.4. The first-order valence-corrected chi connectivity index (χ1v) is 5.83. The highest BCUT2D eigenvalue weighted by atomic mass is 16.5. The molecule has 1 aromatic carbocycles. The van der Waals surface area contributed by atoms with Gasteiger partial charge in [-0.3, -0.25) is 4.79 Å². The molecule has 0 saturated carbocycles. The maximum Gasteiger partial charge on any atom is 0.227 e. The summed E-state index contributed by atoms with van der Waals surface area (Å²) < 4.78 is 5.09. The van der Waals surface area contributed by atoms with Crippen LogP contribution < -0.4 is 4.74 Å². The van der Waals surface area contributed by atoms with Crippen LogP contribution in [-0.2, 0) is 11.2 Å². The van der Waals surface area contributed by atoms with Crippen molar-refractivity contribution in [3.63, 3.8) is 0 Å². The number of aliphatic hydroxyl groups excluding tert-OH is 2. The quantitative estimate of drug-likeness (QED) is 0.720. The number of aliphatic hydroxyl groups is 2. The van der Waals surface area contributed by atoms with E-state index in [1.54, 1.807) is 13.2 Å². The van der Waals surface area contributed by atoms with Gasteiger partial charge >= 0.3 is 0 Å². The number of ether oxygens (including phenoxy) is 1. The van der Waals surface area contributed by atoms with Crippen LogP contribution in [0.5, 0.6) is 5.75 Å². The topological polar surface area (TPSA) is 70.0 Å². The van der Waals surface area contributed by atoms with Gasteiger partial charge in [0, 0.05) is 13.1 Å². The molecule has 0 bridgehead atoms. The lowest BCUT2D eigenvalue weighted by atomic mass is 10.1. The Morgan fingerprint density at radius 2 is 1.94 bits per heavy atom. The van der Waals surface area contributed by atoms with E-state index in [1.807, 2.05) is 18.2 Å². The van der Waals surface area contributed by atoms with Crippen molar-refractivity contribution in [2.45, 2.75) is 6.42 Å². The van der Waals surface area contributed by atoms with E-state index in [0.29, 0.717) is 5.75 Å². The van der Waals surface area contributed by atoms with Gasteiger partial charge in [0.25, 0.3) is 0 Å². The fraction of sp³-hybridized carbons (Fsp3) is 0.462. The third kappa shape index (κ3) is 4.35. The summed E-state index contributed by atoms with van der Waals surface area (Å²) >= 11 is 0. The van der Waals surface area contributed by atoms with Crippen LogP contribution in [0.1, 0.15) is 5.56 Å². The van der Waals surface area contributed by atoms with E-state index in [-0.39, 0.29) is 38.6 Å². The van der Waals surface area contributed by atoms with Crippen molar-refractivity contribution in [3.8, 4) is 5.75 Å². The molecule has 5 heteroatoms. The molecule has 0 aliphatic heterocycles. The minimum absolute atomic E-state index is 0.107. The Morgan fingerprint density at radius 1 is 1.28 bits per heavy atom. The summed E-state index contributed by atoms with van der Waals surface area (Å²) in [4.78, 5) is 13.4. The van der Waals surface area contributed by atoms with E-state index in [4.69, 9.17) is 14.9 Å². The number of carbonyl (C=O) groups is 1. The van der Waals surface area contributed by atoms with E-state index in [0.717, 1.165) is 5.56 Å². The second-order valence-corrected chi connectivity index (χ2v) is 3.86. The fourth-order valence-electron chi connectivity index (χ4n) is 1.67. The van der Waals surface area contributed by atoms with Crippen molar-refractivity contribution in [2.75, 3.05) is 33.4 Å². The second-order valence-electron chi connectivity index (χ2n) is 3.86. The lowest BCUT2D eigenvalue weighted by molar-refractivity contribution is -0.131. The van der Waals surface area contributed by atoms with Crippen molar-refractivity contribution < 1.29 is 19.7 Å². The standard InChI is InChI=1S/C13H19NO4/c1-18-12-4-2-3-11(9-12)10-13(17)14(5-7-15)6-8-16/h2-4,9,15-16H,5-8,10H2,1H3. The average Bonchev–Trinajstić information content (AvgIpc) is 2.38. The predicted molar refractivity (Wildman–Crippen MR) is 67.4 cm³/mol. The number of nitrogens with zero attached hydrogens (tertiary/aromatic N) is 1. The number of carbonyl (C=O) groups excluding carboxylic acids is 1. The Bertz CT molecular complexity index is 375. The van der Waals surface area contributed by atoms with Gasteiger partial charge in [-0.05, 0) is 17.7 Å². The number of amides is 1. The first-order valence-electron chi connectivity index (χ1n) is 5.83. The number of rotatable bonds is 7. The predicted octanol–water partition coefficient (Wildman–Crippen LogP) is 0.0509. The van der Waals surface area contributed by atoms with Gasteiger partial charge in [-0.15, -0.1) is 0 Å². The van der Waals surface area contributed by atoms with Gasteiger partial charge in [-0.25, -0.2) is 0 Å². The van der Waals surface area contributed by atoms with Crippen molar-refractivity contribution in [3.05, 3.63) is 29.8 Å². The van der Waals surface area contributed by atoms with Crippen LogP contribution in [0.25, 0.3) is 0 Å². The van der Waals surface area contributed by atoms with E-state index in [2.05, 4.69) is 0 Å². The molecule has 0 radical (unpaired) electrons. The van der Waals surface area contributed by atoms with Gasteiger partial charge in [0.05, 0.1) is 26.7 Å². The SMILES string of the molecule is COc1cccc(CC(=O)N(CCO)CCO)c1. The molecule has 5 nitrogen and oxygen atoms in total. The molecule has 1 amide bonds.